The van der Waals surface area contributed by atoms with Crippen molar-refractivity contribution in [3.63, 3.8) is 0 Å². The van der Waals surface area contributed by atoms with Crippen molar-refractivity contribution in [3.05, 3.63) is 47.4 Å². The Bertz CT molecular complexity index is 1260. The first-order valence-electron chi connectivity index (χ1n) is 11.2. The van der Waals surface area contributed by atoms with Crippen molar-refractivity contribution in [2.75, 3.05) is 12.3 Å². The molecule has 2 aliphatic rings. The highest BCUT2D eigenvalue weighted by atomic mass is 16.8. The van der Waals surface area contributed by atoms with Gasteiger partial charge in [0.25, 0.3) is 0 Å². The zero-order valence-corrected chi connectivity index (χ0v) is 19.3. The van der Waals surface area contributed by atoms with Crippen molar-refractivity contribution in [1.82, 2.24) is 14.5 Å². The van der Waals surface area contributed by atoms with Gasteiger partial charge in [-0.1, -0.05) is 0 Å². The average molecular weight is 469 g/mol. The molecule has 0 bridgehead atoms. The molecule has 180 valence electrons. The molecule has 3 aromatic rings. The molecule has 1 saturated carbocycles. The van der Waals surface area contributed by atoms with Gasteiger partial charge in [0.1, 0.15) is 29.6 Å². The highest BCUT2D eigenvalue weighted by molar-refractivity contribution is 5.90. The van der Waals surface area contributed by atoms with E-state index in [4.69, 9.17) is 19.9 Å². The molecule has 4 atom stereocenters. The van der Waals surface area contributed by atoms with Crippen LogP contribution in [0, 0.1) is 12.8 Å². The molecule has 10 heteroatoms. The number of ether oxygens (including phenoxy) is 3. The first-order valence-corrected chi connectivity index (χ1v) is 11.2. The quantitative estimate of drug-likeness (QED) is 0.498. The number of fused-ring (bicyclic) bond motifs is 2. The Labute approximate surface area is 196 Å². The minimum Gasteiger partial charge on any atom is -0.493 e. The maximum atomic E-state index is 11.6. The number of rotatable bonds is 6. The van der Waals surface area contributed by atoms with Crippen LogP contribution in [0.15, 0.2) is 30.7 Å². The SMILES string of the molecule is Cc1cc(CO)c(C(=O)O)cc1OC[C@H]1C[C@@H](n2ccc3c(N)ncnc32)[C@@H]2OC(C)(C)O[C@H]12. The van der Waals surface area contributed by atoms with Gasteiger partial charge in [0.15, 0.2) is 5.79 Å². The molecule has 2 aromatic heterocycles. The number of aromatic nitrogens is 3. The molecule has 1 aromatic carbocycles. The lowest BCUT2D eigenvalue weighted by atomic mass is 10.0. The first-order chi connectivity index (χ1) is 16.2. The number of nitrogens with two attached hydrogens (primary N) is 1. The fraction of sp³-hybridized carbons (Fsp3) is 0.458. The minimum atomic E-state index is -1.11. The van der Waals surface area contributed by atoms with Gasteiger partial charge in [-0.05, 0) is 56.5 Å². The molecule has 0 radical (unpaired) electrons. The molecule has 1 aliphatic heterocycles. The third-order valence-electron chi connectivity index (χ3n) is 6.70. The summed E-state index contributed by atoms with van der Waals surface area (Å²) in [7, 11) is 0. The van der Waals surface area contributed by atoms with E-state index in [1.165, 1.54) is 12.4 Å². The number of aliphatic hydroxyl groups excluding tert-OH is 1. The van der Waals surface area contributed by atoms with E-state index in [0.717, 1.165) is 23.0 Å². The molecular formula is C24H28N4O6. The van der Waals surface area contributed by atoms with Crippen molar-refractivity contribution in [3.8, 4) is 5.75 Å². The van der Waals surface area contributed by atoms with Gasteiger partial charge in [-0.2, -0.15) is 0 Å². The predicted octanol–water partition coefficient (Wildman–Crippen LogP) is 2.67. The highest BCUT2D eigenvalue weighted by Gasteiger charge is 2.55. The summed E-state index contributed by atoms with van der Waals surface area (Å²) < 4.78 is 20.8. The van der Waals surface area contributed by atoms with Crippen LogP contribution < -0.4 is 10.5 Å². The summed E-state index contributed by atoms with van der Waals surface area (Å²) in [6.07, 6.45) is 3.72. The van der Waals surface area contributed by atoms with Gasteiger partial charge in [-0.15, -0.1) is 0 Å². The number of carboxylic acid groups (broad SMARTS) is 1. The maximum Gasteiger partial charge on any atom is 0.336 e. The lowest BCUT2D eigenvalue weighted by molar-refractivity contribution is -0.161. The normalized spacial score (nSPS) is 25.5. The molecule has 3 heterocycles. The van der Waals surface area contributed by atoms with Crippen LogP contribution in [0.1, 0.15) is 47.8 Å². The van der Waals surface area contributed by atoms with Crippen LogP contribution in [0.3, 0.4) is 0 Å². The molecule has 0 unspecified atom stereocenters. The second-order valence-corrected chi connectivity index (χ2v) is 9.40. The van der Waals surface area contributed by atoms with Crippen molar-refractivity contribution in [2.24, 2.45) is 5.92 Å². The highest BCUT2D eigenvalue weighted by Crippen LogP contribution is 2.48. The molecular weight excluding hydrogens is 440 g/mol. The molecule has 0 spiro atoms. The lowest BCUT2D eigenvalue weighted by Gasteiger charge is -2.24. The van der Waals surface area contributed by atoms with Crippen LogP contribution in [0.25, 0.3) is 11.0 Å². The van der Waals surface area contributed by atoms with Crippen LogP contribution in [0.5, 0.6) is 5.75 Å². The number of hydrogen-bond donors (Lipinski definition) is 3. The summed E-state index contributed by atoms with van der Waals surface area (Å²) in [5.41, 5.74) is 7.91. The molecule has 34 heavy (non-hydrogen) atoms. The van der Waals surface area contributed by atoms with Crippen molar-refractivity contribution >= 4 is 22.8 Å². The van der Waals surface area contributed by atoms with Gasteiger partial charge in [0, 0.05) is 12.1 Å². The number of carbonyl (C=O) groups is 1. The predicted molar refractivity (Wildman–Crippen MR) is 122 cm³/mol. The summed E-state index contributed by atoms with van der Waals surface area (Å²) in [5.74, 6) is -0.945. The minimum absolute atomic E-state index is 0.00129. The number of anilines is 1. The Morgan fingerprint density at radius 3 is 2.79 bits per heavy atom. The number of hydrogen-bond acceptors (Lipinski definition) is 8. The molecule has 2 fully saturated rings. The van der Waals surface area contributed by atoms with Gasteiger partial charge in [0.2, 0.25) is 0 Å². The zero-order valence-electron chi connectivity index (χ0n) is 19.3. The van der Waals surface area contributed by atoms with E-state index >= 15 is 0 Å². The van der Waals surface area contributed by atoms with Crippen LogP contribution >= 0.6 is 0 Å². The number of aromatic carboxylic acids is 1. The summed E-state index contributed by atoms with van der Waals surface area (Å²) in [6, 6.07) is 4.99. The molecule has 1 aliphatic carbocycles. The van der Waals surface area contributed by atoms with Gasteiger partial charge >= 0.3 is 5.97 Å². The summed E-state index contributed by atoms with van der Waals surface area (Å²) in [4.78, 5) is 20.1. The van der Waals surface area contributed by atoms with Gasteiger partial charge in [-0.3, -0.25) is 0 Å². The van der Waals surface area contributed by atoms with Crippen LogP contribution in [-0.2, 0) is 16.1 Å². The van der Waals surface area contributed by atoms with Crippen LogP contribution in [0.4, 0.5) is 5.82 Å². The Balaban J connectivity index is 1.42. The summed E-state index contributed by atoms with van der Waals surface area (Å²) >= 11 is 0. The van der Waals surface area contributed by atoms with E-state index in [1.807, 2.05) is 33.0 Å². The molecule has 1 saturated heterocycles. The van der Waals surface area contributed by atoms with E-state index in [-0.39, 0.29) is 36.3 Å². The molecule has 5 rings (SSSR count). The summed E-state index contributed by atoms with van der Waals surface area (Å²) in [5, 5.41) is 19.8. The van der Waals surface area contributed by atoms with E-state index in [9.17, 15) is 15.0 Å². The largest absolute Gasteiger partial charge is 0.493 e. The van der Waals surface area contributed by atoms with Crippen LogP contribution in [0.2, 0.25) is 0 Å². The van der Waals surface area contributed by atoms with E-state index in [0.29, 0.717) is 23.7 Å². The summed E-state index contributed by atoms with van der Waals surface area (Å²) in [6.45, 7) is 5.59. The maximum absolute atomic E-state index is 11.6. The fourth-order valence-electron chi connectivity index (χ4n) is 5.18. The van der Waals surface area contributed by atoms with Crippen molar-refractivity contribution in [2.45, 2.75) is 57.8 Å². The Hall–Kier alpha value is -3.21. The van der Waals surface area contributed by atoms with E-state index in [1.54, 1.807) is 6.07 Å². The monoisotopic (exact) mass is 468 g/mol. The Morgan fingerprint density at radius 1 is 1.29 bits per heavy atom. The molecule has 4 N–H and O–H groups in total. The van der Waals surface area contributed by atoms with Gasteiger partial charge in [-0.25, -0.2) is 14.8 Å². The Morgan fingerprint density at radius 2 is 2.06 bits per heavy atom. The molecule has 10 nitrogen and oxygen atoms in total. The smallest absolute Gasteiger partial charge is 0.336 e. The number of nitrogen functional groups attached to an aromatic ring is 1. The number of aryl methyl sites for hydroxylation is 1. The third kappa shape index (κ3) is 3.77. The number of nitrogens with zero attached hydrogens (tertiary/aromatic N) is 3. The standard InChI is InChI=1S/C24H28N4O6/c1-12-6-13(9-29)16(23(30)31)8-18(12)32-10-14-7-17(20-19(14)33-24(2,3)34-20)28-5-4-15-21(25)26-11-27-22(15)28/h4-6,8,11,14,17,19-20,29H,7,9-10H2,1-3H3,(H,30,31)(H2,25,26,27)/t14-,17-,19-,20+/m1/s1. The van der Waals surface area contributed by atoms with Crippen molar-refractivity contribution in [1.29, 1.82) is 0 Å². The second kappa shape index (κ2) is 8.23. The van der Waals surface area contributed by atoms with Gasteiger partial charge < -0.3 is 34.7 Å². The van der Waals surface area contributed by atoms with Gasteiger partial charge in [0.05, 0.1) is 36.3 Å². The van der Waals surface area contributed by atoms with Crippen LogP contribution in [-0.4, -0.2) is 55.3 Å². The molecule has 0 amide bonds. The number of benzene rings is 1. The number of aliphatic hydroxyl groups is 1. The first kappa shape index (κ1) is 22.6. The third-order valence-corrected chi connectivity index (χ3v) is 6.70. The fourth-order valence-corrected chi connectivity index (χ4v) is 5.18. The Kier molecular flexibility index (Phi) is 5.46. The number of carboxylic acids is 1. The lowest BCUT2D eigenvalue weighted by Crippen LogP contribution is -2.29. The van der Waals surface area contributed by atoms with E-state index < -0.39 is 11.8 Å². The average Bonchev–Trinajstić information content (AvgIpc) is 3.44. The van der Waals surface area contributed by atoms with E-state index in [2.05, 4.69) is 14.5 Å². The zero-order chi connectivity index (χ0) is 24.2. The second-order valence-electron chi connectivity index (χ2n) is 9.40. The van der Waals surface area contributed by atoms with Crippen molar-refractivity contribution < 1.29 is 29.2 Å². The topological polar surface area (TPSA) is 142 Å².